The molecule has 11 rings (SSSR count). The largest absolute Gasteiger partial charge is 0.456 e. The summed E-state index contributed by atoms with van der Waals surface area (Å²) in [4.78, 5) is 2.33. The lowest BCUT2D eigenvalue weighted by molar-refractivity contribution is -0.453. The van der Waals surface area contributed by atoms with Crippen molar-refractivity contribution >= 4 is 61.0 Å². The predicted octanol–water partition coefficient (Wildman–Crippen LogP) is 6.09. The fourth-order valence-electron chi connectivity index (χ4n) is 8.37. The van der Waals surface area contributed by atoms with E-state index in [-0.39, 0.29) is 6.17 Å². The van der Waals surface area contributed by atoms with Crippen molar-refractivity contribution in [3.63, 3.8) is 0 Å². The SMILES string of the molecule is CN1N=CN2c3cccc4c3C3(c5c(ccc6c7ccccc7c7cccc8c9cccn3c9[n+](c56)c78)O4)C12. The third-order valence-electron chi connectivity index (χ3n) is 9.59. The van der Waals surface area contributed by atoms with Gasteiger partial charge in [0.1, 0.15) is 23.4 Å². The maximum Gasteiger partial charge on any atom is 0.296 e. The predicted molar refractivity (Wildman–Crippen MR) is 153 cm³/mol. The summed E-state index contributed by atoms with van der Waals surface area (Å²) in [7, 11) is 2.09. The number of aromatic nitrogens is 2. The topological polar surface area (TPSA) is 37.1 Å². The molecule has 182 valence electrons. The van der Waals surface area contributed by atoms with Crippen LogP contribution in [0, 0.1) is 0 Å². The number of ether oxygens (including phenoxy) is 1. The minimum Gasteiger partial charge on any atom is -0.456 e. The first kappa shape index (κ1) is 19.0. The van der Waals surface area contributed by atoms with Crippen molar-refractivity contribution in [2.45, 2.75) is 11.7 Å². The average molecular weight is 503 g/mol. The van der Waals surface area contributed by atoms with Gasteiger partial charge in [-0.15, -0.1) is 0 Å². The van der Waals surface area contributed by atoms with E-state index in [1.54, 1.807) is 0 Å². The molecule has 6 heteroatoms. The molecule has 2 atom stereocenters. The van der Waals surface area contributed by atoms with Gasteiger partial charge in [-0.1, -0.05) is 42.5 Å². The Balaban J connectivity index is 1.55. The monoisotopic (exact) mass is 502 g/mol. The lowest BCUT2D eigenvalue weighted by Crippen LogP contribution is -2.57. The number of benzene rings is 4. The molecule has 3 aromatic heterocycles. The Morgan fingerprint density at radius 2 is 1.44 bits per heavy atom. The highest BCUT2D eigenvalue weighted by Crippen LogP contribution is 2.63. The summed E-state index contributed by atoms with van der Waals surface area (Å²) in [6.45, 7) is 0. The van der Waals surface area contributed by atoms with Crippen molar-refractivity contribution in [2.75, 3.05) is 11.9 Å². The van der Waals surface area contributed by atoms with Crippen LogP contribution < -0.4 is 14.0 Å². The number of anilines is 1. The van der Waals surface area contributed by atoms with Crippen LogP contribution in [0.2, 0.25) is 0 Å². The Morgan fingerprint density at radius 3 is 2.31 bits per heavy atom. The van der Waals surface area contributed by atoms with E-state index in [2.05, 4.69) is 117 Å². The smallest absolute Gasteiger partial charge is 0.296 e. The van der Waals surface area contributed by atoms with Crippen LogP contribution in [0.1, 0.15) is 11.1 Å². The quantitative estimate of drug-likeness (QED) is 0.236. The summed E-state index contributed by atoms with van der Waals surface area (Å²) in [5.74, 6) is 1.83. The van der Waals surface area contributed by atoms with Gasteiger partial charge in [0.05, 0.1) is 28.4 Å². The van der Waals surface area contributed by atoms with E-state index in [0.717, 1.165) is 17.2 Å². The number of pyridine rings is 1. The Kier molecular flexibility index (Phi) is 2.84. The van der Waals surface area contributed by atoms with E-state index in [1.807, 2.05) is 6.34 Å². The van der Waals surface area contributed by atoms with Crippen molar-refractivity contribution in [1.29, 1.82) is 0 Å². The molecule has 0 radical (unpaired) electrons. The Hall–Kier alpha value is -5.10. The molecule has 0 fully saturated rings. The van der Waals surface area contributed by atoms with Crippen LogP contribution in [-0.4, -0.2) is 29.1 Å². The van der Waals surface area contributed by atoms with Gasteiger partial charge in [0.25, 0.3) is 5.65 Å². The molecule has 1 spiro atoms. The maximum atomic E-state index is 6.80. The summed E-state index contributed by atoms with van der Waals surface area (Å²) in [5, 5.41) is 14.5. The Labute approximate surface area is 222 Å². The first-order chi connectivity index (χ1) is 19.3. The number of hydrogen-bond acceptors (Lipinski definition) is 4. The van der Waals surface area contributed by atoms with Gasteiger partial charge in [-0.3, -0.25) is 5.01 Å². The third-order valence-corrected chi connectivity index (χ3v) is 9.59. The van der Waals surface area contributed by atoms with Crippen LogP contribution in [0.15, 0.2) is 96.2 Å². The van der Waals surface area contributed by atoms with Gasteiger partial charge in [-0.05, 0) is 53.2 Å². The van der Waals surface area contributed by atoms with Crippen molar-refractivity contribution in [3.05, 3.63) is 102 Å². The zero-order valence-electron chi connectivity index (χ0n) is 21.0. The van der Waals surface area contributed by atoms with Gasteiger partial charge < -0.3 is 9.64 Å². The van der Waals surface area contributed by atoms with E-state index < -0.39 is 5.54 Å². The first-order valence-electron chi connectivity index (χ1n) is 13.4. The van der Waals surface area contributed by atoms with E-state index in [1.165, 1.54) is 60.1 Å². The van der Waals surface area contributed by atoms with Gasteiger partial charge in [-0.25, -0.2) is 4.57 Å². The molecule has 0 saturated heterocycles. The van der Waals surface area contributed by atoms with Crippen molar-refractivity contribution in [2.24, 2.45) is 5.10 Å². The van der Waals surface area contributed by atoms with Crippen LogP contribution >= 0.6 is 0 Å². The van der Waals surface area contributed by atoms with Gasteiger partial charge >= 0.3 is 0 Å². The molecule has 2 unspecified atom stereocenters. The van der Waals surface area contributed by atoms with E-state index in [9.17, 15) is 0 Å². The van der Waals surface area contributed by atoms with Gasteiger partial charge in [0.15, 0.2) is 11.7 Å². The molecule has 0 N–H and O–H groups in total. The molecular formula is C33H20N5O+. The van der Waals surface area contributed by atoms with Gasteiger partial charge in [0.2, 0.25) is 5.54 Å². The molecule has 0 bridgehead atoms. The zero-order valence-corrected chi connectivity index (χ0v) is 21.0. The van der Waals surface area contributed by atoms with E-state index in [0.29, 0.717) is 0 Å². The molecule has 0 aliphatic carbocycles. The first-order valence-corrected chi connectivity index (χ1v) is 13.4. The fraction of sp³-hybridized carbons (Fsp3) is 0.0909. The summed E-state index contributed by atoms with van der Waals surface area (Å²) in [6, 6.07) is 31.0. The average Bonchev–Trinajstić information content (AvgIpc) is 3.59. The lowest BCUT2D eigenvalue weighted by atomic mass is 9.76. The Bertz CT molecular complexity index is 2370. The second kappa shape index (κ2) is 5.81. The van der Waals surface area contributed by atoms with Crippen LogP contribution in [0.5, 0.6) is 11.5 Å². The summed E-state index contributed by atoms with van der Waals surface area (Å²) in [6.07, 6.45) is 4.18. The standard InChI is InChI=1S/C33H20N5O/c1-35-32-33-27-24(36(32)17-34-35)12-5-13-25(27)39-26-15-14-22-19-8-3-2-7-18(19)20-9-4-10-21-23-11-6-16-37(33)31(23)38(29(20)21)30(22)28(26)33/h2-17,32H,1H3/q+1. The second-order valence-electron chi connectivity index (χ2n) is 11.1. The molecule has 0 saturated carbocycles. The minimum absolute atomic E-state index is 0.0665. The number of para-hydroxylation sites is 1. The summed E-state index contributed by atoms with van der Waals surface area (Å²) in [5.41, 5.74) is 6.70. The molecule has 0 amide bonds. The number of hydrogen-bond donors (Lipinski definition) is 0. The summed E-state index contributed by atoms with van der Waals surface area (Å²) < 4.78 is 11.8. The number of nitrogens with zero attached hydrogens (tertiary/aromatic N) is 5. The number of hydrazone groups is 1. The number of likely N-dealkylation sites (N-methyl/N-ethyl adjacent to an activating group) is 1. The molecule has 4 aromatic carbocycles. The van der Waals surface area contributed by atoms with Crippen molar-refractivity contribution in [3.8, 4) is 11.5 Å². The van der Waals surface area contributed by atoms with Gasteiger partial charge in [-0.2, -0.15) is 9.50 Å². The van der Waals surface area contributed by atoms with Gasteiger partial charge in [0, 0.05) is 23.2 Å². The summed E-state index contributed by atoms with van der Waals surface area (Å²) >= 11 is 0. The maximum absolute atomic E-state index is 6.80. The fourth-order valence-corrected chi connectivity index (χ4v) is 8.37. The molecular weight excluding hydrogens is 482 g/mol. The normalized spacial score (nSPS) is 21.3. The van der Waals surface area contributed by atoms with Crippen LogP contribution in [-0.2, 0) is 5.54 Å². The number of rotatable bonds is 0. The van der Waals surface area contributed by atoms with Crippen molar-refractivity contribution < 1.29 is 9.14 Å². The minimum atomic E-state index is -0.556. The molecule has 4 aliphatic rings. The van der Waals surface area contributed by atoms with E-state index in [4.69, 9.17) is 9.84 Å². The highest BCUT2D eigenvalue weighted by Gasteiger charge is 2.67. The third kappa shape index (κ3) is 1.75. The van der Waals surface area contributed by atoms with Crippen molar-refractivity contribution in [1.82, 2.24) is 9.58 Å². The molecule has 4 aliphatic heterocycles. The van der Waals surface area contributed by atoms with Crippen LogP contribution in [0.4, 0.5) is 5.69 Å². The van der Waals surface area contributed by atoms with Crippen LogP contribution in [0.3, 0.4) is 0 Å². The molecule has 7 aromatic rings. The number of fused-ring (bicyclic) bond motifs is 6. The lowest BCUT2D eigenvalue weighted by Gasteiger charge is -2.41. The molecule has 39 heavy (non-hydrogen) atoms. The van der Waals surface area contributed by atoms with Crippen LogP contribution in [0.25, 0.3) is 49.0 Å². The zero-order chi connectivity index (χ0) is 25.2. The highest BCUT2D eigenvalue weighted by molar-refractivity contribution is 6.21. The molecule has 7 heterocycles. The highest BCUT2D eigenvalue weighted by atomic mass is 16.5. The Morgan fingerprint density at radius 1 is 0.718 bits per heavy atom. The molecule has 6 nitrogen and oxygen atoms in total. The van der Waals surface area contributed by atoms with E-state index >= 15 is 0 Å². The second-order valence-corrected chi connectivity index (χ2v) is 11.1.